The molecule has 1 aromatic heterocycles. The minimum Gasteiger partial charge on any atom is -0.497 e. The van der Waals surface area contributed by atoms with Crippen LogP contribution >= 0.6 is 11.3 Å². The fourth-order valence-electron chi connectivity index (χ4n) is 2.96. The van der Waals surface area contributed by atoms with Crippen molar-refractivity contribution in [2.75, 3.05) is 21.3 Å². The highest BCUT2D eigenvalue weighted by molar-refractivity contribution is 7.07. The lowest BCUT2D eigenvalue weighted by Crippen LogP contribution is -2.19. The van der Waals surface area contributed by atoms with Gasteiger partial charge in [-0.25, -0.2) is 4.99 Å². The van der Waals surface area contributed by atoms with Crippen molar-refractivity contribution in [2.24, 2.45) is 10.9 Å². The van der Waals surface area contributed by atoms with Gasteiger partial charge in [-0.15, -0.1) is 11.3 Å². The summed E-state index contributed by atoms with van der Waals surface area (Å²) in [6.07, 6.45) is 0. The van der Waals surface area contributed by atoms with E-state index in [1.165, 1.54) is 0 Å². The molecular weight excluding hydrogens is 372 g/mol. The SMILES string of the molecule is COc1ccc(N=c2scc(-c3cc(OC)ccc3OC)n2CC(C)C)cc1. The normalized spacial score (nSPS) is 11.7. The molecule has 3 aromatic rings. The fourth-order valence-corrected chi connectivity index (χ4v) is 3.89. The molecule has 0 bridgehead atoms. The Morgan fingerprint density at radius 3 is 2.21 bits per heavy atom. The molecule has 0 saturated carbocycles. The van der Waals surface area contributed by atoms with Gasteiger partial charge in [0.05, 0.1) is 32.7 Å². The van der Waals surface area contributed by atoms with Gasteiger partial charge in [0.25, 0.3) is 0 Å². The summed E-state index contributed by atoms with van der Waals surface area (Å²) in [5.41, 5.74) is 2.96. The number of hydrogen-bond donors (Lipinski definition) is 0. The maximum absolute atomic E-state index is 5.60. The summed E-state index contributed by atoms with van der Waals surface area (Å²) < 4.78 is 18.5. The van der Waals surface area contributed by atoms with Gasteiger partial charge in [-0.05, 0) is 48.4 Å². The number of methoxy groups -OCH3 is 3. The van der Waals surface area contributed by atoms with E-state index in [1.54, 1.807) is 32.7 Å². The van der Waals surface area contributed by atoms with E-state index >= 15 is 0 Å². The lowest BCUT2D eigenvalue weighted by Gasteiger charge is -2.15. The zero-order valence-corrected chi connectivity index (χ0v) is 17.7. The monoisotopic (exact) mass is 398 g/mol. The van der Waals surface area contributed by atoms with Crippen LogP contribution in [0.2, 0.25) is 0 Å². The molecule has 0 radical (unpaired) electrons. The molecule has 0 spiro atoms. The molecule has 0 atom stereocenters. The lowest BCUT2D eigenvalue weighted by molar-refractivity contribution is 0.404. The Kier molecular flexibility index (Phi) is 6.41. The van der Waals surface area contributed by atoms with Gasteiger partial charge in [-0.2, -0.15) is 0 Å². The van der Waals surface area contributed by atoms with Crippen molar-refractivity contribution < 1.29 is 14.2 Å². The van der Waals surface area contributed by atoms with E-state index in [0.717, 1.165) is 45.5 Å². The van der Waals surface area contributed by atoms with E-state index in [-0.39, 0.29) is 0 Å². The quantitative estimate of drug-likeness (QED) is 0.554. The molecule has 1 heterocycles. The molecule has 0 saturated heterocycles. The van der Waals surface area contributed by atoms with Crippen LogP contribution in [-0.4, -0.2) is 25.9 Å². The van der Waals surface area contributed by atoms with Gasteiger partial charge in [-0.3, -0.25) is 0 Å². The van der Waals surface area contributed by atoms with Crippen molar-refractivity contribution in [3.63, 3.8) is 0 Å². The molecule has 3 rings (SSSR count). The van der Waals surface area contributed by atoms with E-state index in [2.05, 4.69) is 23.8 Å². The van der Waals surface area contributed by atoms with Crippen LogP contribution in [0.3, 0.4) is 0 Å². The largest absolute Gasteiger partial charge is 0.497 e. The Bertz CT molecular complexity index is 988. The Balaban J connectivity index is 2.14. The molecule has 0 N–H and O–H groups in total. The number of nitrogens with zero attached hydrogens (tertiary/aromatic N) is 2. The van der Waals surface area contributed by atoms with Crippen LogP contribution in [0.5, 0.6) is 17.2 Å². The molecule has 2 aromatic carbocycles. The molecule has 5 nitrogen and oxygen atoms in total. The number of rotatable bonds is 7. The van der Waals surface area contributed by atoms with Crippen molar-refractivity contribution in [1.29, 1.82) is 0 Å². The second kappa shape index (κ2) is 8.97. The maximum atomic E-state index is 5.60. The predicted molar refractivity (Wildman–Crippen MR) is 114 cm³/mol. The Morgan fingerprint density at radius 2 is 1.61 bits per heavy atom. The van der Waals surface area contributed by atoms with Crippen LogP contribution in [0.1, 0.15) is 13.8 Å². The van der Waals surface area contributed by atoms with Crippen LogP contribution in [0.4, 0.5) is 5.69 Å². The third-order valence-corrected chi connectivity index (χ3v) is 5.19. The summed E-state index contributed by atoms with van der Waals surface area (Å²) in [5, 5.41) is 2.13. The van der Waals surface area contributed by atoms with Gasteiger partial charge < -0.3 is 18.8 Å². The van der Waals surface area contributed by atoms with E-state index in [9.17, 15) is 0 Å². The Labute approximate surface area is 169 Å². The van der Waals surface area contributed by atoms with E-state index in [4.69, 9.17) is 19.2 Å². The fraction of sp³-hybridized carbons (Fsp3) is 0.318. The molecule has 0 fully saturated rings. The van der Waals surface area contributed by atoms with Gasteiger partial charge >= 0.3 is 0 Å². The maximum Gasteiger partial charge on any atom is 0.190 e. The zero-order valence-electron chi connectivity index (χ0n) is 16.9. The molecular formula is C22H26N2O3S. The van der Waals surface area contributed by atoms with Gasteiger partial charge in [0.1, 0.15) is 17.2 Å². The molecule has 0 aliphatic heterocycles. The van der Waals surface area contributed by atoms with Crippen molar-refractivity contribution in [3.8, 4) is 28.5 Å². The highest BCUT2D eigenvalue weighted by atomic mass is 32.1. The highest BCUT2D eigenvalue weighted by Gasteiger charge is 2.15. The topological polar surface area (TPSA) is 45.0 Å². The first-order chi connectivity index (χ1) is 13.5. The van der Waals surface area contributed by atoms with Crippen molar-refractivity contribution in [2.45, 2.75) is 20.4 Å². The average Bonchev–Trinajstić information content (AvgIpc) is 3.09. The third kappa shape index (κ3) is 4.39. The van der Waals surface area contributed by atoms with Crippen LogP contribution in [0.25, 0.3) is 11.3 Å². The van der Waals surface area contributed by atoms with Crippen molar-refractivity contribution in [1.82, 2.24) is 4.57 Å². The number of thiazole rings is 1. The molecule has 0 aliphatic rings. The second-order valence-corrected chi connectivity index (χ2v) is 7.62. The summed E-state index contributed by atoms with van der Waals surface area (Å²) in [6.45, 7) is 5.26. The standard InChI is InChI=1S/C22H26N2O3S/c1-15(2)13-24-20(19-12-18(26-4)10-11-21(19)27-5)14-28-22(24)23-16-6-8-17(25-3)9-7-16/h6-12,14-15H,13H2,1-5H3. The van der Waals surface area contributed by atoms with Crippen LogP contribution in [-0.2, 0) is 6.54 Å². The molecule has 148 valence electrons. The van der Waals surface area contributed by atoms with Gasteiger partial charge in [0.15, 0.2) is 4.80 Å². The van der Waals surface area contributed by atoms with Gasteiger partial charge in [0, 0.05) is 17.5 Å². The van der Waals surface area contributed by atoms with E-state index in [0.29, 0.717) is 5.92 Å². The second-order valence-electron chi connectivity index (χ2n) is 6.78. The smallest absolute Gasteiger partial charge is 0.190 e. The first-order valence-electron chi connectivity index (χ1n) is 9.15. The number of benzene rings is 2. The summed E-state index contributed by atoms with van der Waals surface area (Å²) >= 11 is 1.62. The van der Waals surface area contributed by atoms with Gasteiger partial charge in [-0.1, -0.05) is 13.8 Å². The first-order valence-corrected chi connectivity index (χ1v) is 10.0. The minimum absolute atomic E-state index is 0.472. The van der Waals surface area contributed by atoms with Gasteiger partial charge in [0.2, 0.25) is 0 Å². The van der Waals surface area contributed by atoms with Crippen LogP contribution in [0.15, 0.2) is 52.8 Å². The Hall–Kier alpha value is -2.73. The van der Waals surface area contributed by atoms with Crippen LogP contribution < -0.4 is 19.0 Å². The zero-order chi connectivity index (χ0) is 20.1. The lowest BCUT2D eigenvalue weighted by atomic mass is 10.1. The molecule has 6 heteroatoms. The van der Waals surface area contributed by atoms with Crippen LogP contribution in [0, 0.1) is 5.92 Å². The van der Waals surface area contributed by atoms with Crippen molar-refractivity contribution in [3.05, 3.63) is 52.6 Å². The molecule has 28 heavy (non-hydrogen) atoms. The summed E-state index contributed by atoms with van der Waals surface area (Å²) in [7, 11) is 5.02. The van der Waals surface area contributed by atoms with E-state index in [1.807, 2.05) is 42.5 Å². The predicted octanol–water partition coefficient (Wildman–Crippen LogP) is 5.13. The highest BCUT2D eigenvalue weighted by Crippen LogP contribution is 2.34. The number of hydrogen-bond acceptors (Lipinski definition) is 5. The Morgan fingerprint density at radius 1 is 0.929 bits per heavy atom. The molecule has 0 aliphatic carbocycles. The summed E-state index contributed by atoms with van der Waals surface area (Å²) in [5.74, 6) is 2.90. The van der Waals surface area contributed by atoms with E-state index < -0.39 is 0 Å². The summed E-state index contributed by atoms with van der Waals surface area (Å²) in [4.78, 5) is 5.81. The first kappa shape index (κ1) is 20.0. The average molecular weight is 399 g/mol. The third-order valence-electron chi connectivity index (χ3n) is 4.33. The summed E-state index contributed by atoms with van der Waals surface area (Å²) in [6, 6.07) is 13.6. The number of ether oxygens (including phenoxy) is 3. The molecule has 0 amide bonds. The minimum atomic E-state index is 0.472. The van der Waals surface area contributed by atoms with Crippen molar-refractivity contribution >= 4 is 17.0 Å². The number of aromatic nitrogens is 1. The molecule has 0 unspecified atom stereocenters.